The van der Waals surface area contributed by atoms with Gasteiger partial charge in [-0.15, -0.1) is 0 Å². The average molecular weight is 387 g/mol. The van der Waals surface area contributed by atoms with Gasteiger partial charge in [0.25, 0.3) is 5.91 Å². The summed E-state index contributed by atoms with van der Waals surface area (Å²) in [6.45, 7) is 1.94. The van der Waals surface area contributed by atoms with Gasteiger partial charge in [0.05, 0.1) is 10.6 Å². The van der Waals surface area contributed by atoms with Gasteiger partial charge in [0, 0.05) is 15.5 Å². The Bertz CT molecular complexity index is 660. The van der Waals surface area contributed by atoms with Gasteiger partial charge in [-0.2, -0.15) is 0 Å². The van der Waals surface area contributed by atoms with E-state index in [-0.39, 0.29) is 11.9 Å². The van der Waals surface area contributed by atoms with Crippen molar-refractivity contribution in [3.05, 3.63) is 68.1 Å². The zero-order valence-corrected chi connectivity index (χ0v) is 14.5. The average Bonchev–Trinajstić information content (AvgIpc) is 2.44. The molecule has 21 heavy (non-hydrogen) atoms. The molecule has 0 spiro atoms. The van der Waals surface area contributed by atoms with Crippen LogP contribution in [0.2, 0.25) is 10.0 Å². The van der Waals surface area contributed by atoms with Gasteiger partial charge in [0.1, 0.15) is 0 Å². The van der Waals surface area contributed by atoms with E-state index in [0.717, 1.165) is 5.56 Å². The van der Waals surface area contributed by atoms with Gasteiger partial charge in [0.15, 0.2) is 0 Å². The number of carbonyl (C=O) groups excluding carboxylic acids is 1. The maximum absolute atomic E-state index is 12.3. The lowest BCUT2D eigenvalue weighted by molar-refractivity contribution is 0.0940. The van der Waals surface area contributed by atoms with Gasteiger partial charge < -0.3 is 5.32 Å². The summed E-state index contributed by atoms with van der Waals surface area (Å²) in [5.74, 6) is -0.194. The Morgan fingerprint density at radius 3 is 2.62 bits per heavy atom. The lowest BCUT2D eigenvalue weighted by atomic mass is 10.1. The predicted octanol–water partition coefficient (Wildman–Crippen LogP) is 5.12. The number of rotatable bonds is 4. The third kappa shape index (κ3) is 4.22. The second-order valence-electron chi connectivity index (χ2n) is 4.77. The van der Waals surface area contributed by atoms with Crippen LogP contribution >= 0.6 is 39.1 Å². The largest absolute Gasteiger partial charge is 0.349 e. The molecule has 2 aromatic rings. The molecule has 2 rings (SSSR count). The van der Waals surface area contributed by atoms with Crippen LogP contribution in [0.15, 0.2) is 46.9 Å². The zero-order valence-electron chi connectivity index (χ0n) is 11.4. The van der Waals surface area contributed by atoms with Gasteiger partial charge in [-0.05, 0) is 53.0 Å². The van der Waals surface area contributed by atoms with Gasteiger partial charge in [-0.25, -0.2) is 0 Å². The van der Waals surface area contributed by atoms with E-state index in [1.807, 2.05) is 31.2 Å². The van der Waals surface area contributed by atoms with Crippen molar-refractivity contribution in [3.8, 4) is 0 Å². The second-order valence-corrected chi connectivity index (χ2v) is 6.41. The molecule has 0 saturated carbocycles. The number of benzene rings is 2. The van der Waals surface area contributed by atoms with Crippen LogP contribution in [0, 0.1) is 0 Å². The molecule has 0 aliphatic rings. The minimum absolute atomic E-state index is 0.0487. The summed E-state index contributed by atoms with van der Waals surface area (Å²) in [6, 6.07) is 12.8. The number of amides is 1. The molecule has 0 aliphatic heterocycles. The first kappa shape index (κ1) is 16.3. The maximum Gasteiger partial charge on any atom is 0.253 e. The minimum Gasteiger partial charge on any atom is -0.349 e. The van der Waals surface area contributed by atoms with Crippen molar-refractivity contribution >= 4 is 45.0 Å². The number of halogens is 3. The van der Waals surface area contributed by atoms with Crippen molar-refractivity contribution in [2.24, 2.45) is 0 Å². The predicted molar refractivity (Wildman–Crippen MR) is 91.2 cm³/mol. The van der Waals surface area contributed by atoms with Gasteiger partial charge in [-0.3, -0.25) is 4.79 Å². The molecule has 110 valence electrons. The van der Waals surface area contributed by atoms with Gasteiger partial charge in [-0.1, -0.05) is 47.5 Å². The summed E-state index contributed by atoms with van der Waals surface area (Å²) >= 11 is 15.6. The Balaban J connectivity index is 2.06. The van der Waals surface area contributed by atoms with Crippen molar-refractivity contribution < 1.29 is 4.79 Å². The second kappa shape index (κ2) is 7.30. The van der Waals surface area contributed by atoms with Gasteiger partial charge in [0.2, 0.25) is 0 Å². The lowest BCUT2D eigenvalue weighted by Gasteiger charge is -2.15. The third-order valence-electron chi connectivity index (χ3n) is 3.06. The molecule has 5 heteroatoms. The van der Waals surface area contributed by atoms with E-state index in [1.165, 1.54) is 0 Å². The van der Waals surface area contributed by atoms with E-state index in [9.17, 15) is 4.79 Å². The van der Waals surface area contributed by atoms with Crippen LogP contribution in [0.5, 0.6) is 0 Å². The zero-order chi connectivity index (χ0) is 15.4. The molecule has 0 aliphatic carbocycles. The molecule has 2 aromatic carbocycles. The summed E-state index contributed by atoms with van der Waals surface area (Å²) in [7, 11) is 0. The van der Waals surface area contributed by atoms with E-state index in [2.05, 4.69) is 21.2 Å². The molecule has 0 bridgehead atoms. The first-order valence-electron chi connectivity index (χ1n) is 6.47. The molecule has 1 N–H and O–H groups in total. The standard InChI is InChI=1S/C16H14BrCl2NO/c1-10(9-11-5-2-3-8-14(11)18)20-16(21)12-6-4-7-13(17)15(12)19/h2-8,10H,9H2,1H3,(H,20,21). The van der Waals surface area contributed by atoms with E-state index < -0.39 is 0 Å². The fraction of sp³-hybridized carbons (Fsp3) is 0.188. The molecule has 0 radical (unpaired) electrons. The first-order chi connectivity index (χ1) is 9.99. The minimum atomic E-state index is -0.194. The van der Waals surface area contributed by atoms with Crippen LogP contribution in [0.4, 0.5) is 0 Å². The number of hydrogen-bond donors (Lipinski definition) is 1. The van der Waals surface area contributed by atoms with Crippen molar-refractivity contribution in [3.63, 3.8) is 0 Å². The molecular weight excluding hydrogens is 373 g/mol. The van der Waals surface area contributed by atoms with Crippen LogP contribution in [0.3, 0.4) is 0 Å². The Morgan fingerprint density at radius 2 is 1.90 bits per heavy atom. The van der Waals surface area contributed by atoms with Crippen LogP contribution in [0.1, 0.15) is 22.8 Å². The quantitative estimate of drug-likeness (QED) is 0.776. The van der Waals surface area contributed by atoms with Crippen molar-refractivity contribution in [1.29, 1.82) is 0 Å². The van der Waals surface area contributed by atoms with E-state index in [0.29, 0.717) is 26.5 Å². The SMILES string of the molecule is CC(Cc1ccccc1Cl)NC(=O)c1cccc(Br)c1Cl. The monoisotopic (exact) mass is 385 g/mol. The molecule has 1 atom stereocenters. The number of nitrogens with one attached hydrogen (secondary N) is 1. The smallest absolute Gasteiger partial charge is 0.253 e. The molecule has 0 aromatic heterocycles. The molecule has 0 heterocycles. The molecule has 0 saturated heterocycles. The molecule has 0 fully saturated rings. The number of hydrogen-bond acceptors (Lipinski definition) is 1. The van der Waals surface area contributed by atoms with E-state index >= 15 is 0 Å². The Morgan fingerprint density at radius 1 is 1.19 bits per heavy atom. The van der Waals surface area contributed by atoms with Crippen molar-refractivity contribution in [2.75, 3.05) is 0 Å². The Hall–Kier alpha value is -1.03. The Kier molecular flexibility index (Phi) is 5.68. The van der Waals surface area contributed by atoms with Gasteiger partial charge >= 0.3 is 0 Å². The van der Waals surface area contributed by atoms with E-state index in [4.69, 9.17) is 23.2 Å². The summed E-state index contributed by atoms with van der Waals surface area (Å²) in [5.41, 5.74) is 1.46. The van der Waals surface area contributed by atoms with Crippen LogP contribution in [0.25, 0.3) is 0 Å². The topological polar surface area (TPSA) is 29.1 Å². The highest BCUT2D eigenvalue weighted by Gasteiger charge is 2.15. The Labute approximate surface area is 142 Å². The van der Waals surface area contributed by atoms with Crippen LogP contribution < -0.4 is 5.32 Å². The fourth-order valence-corrected chi connectivity index (χ4v) is 2.82. The number of carbonyl (C=O) groups is 1. The highest BCUT2D eigenvalue weighted by atomic mass is 79.9. The van der Waals surface area contributed by atoms with E-state index in [1.54, 1.807) is 18.2 Å². The third-order valence-corrected chi connectivity index (χ3v) is 4.72. The fourth-order valence-electron chi connectivity index (χ4n) is 2.03. The van der Waals surface area contributed by atoms with Crippen LogP contribution in [-0.2, 0) is 6.42 Å². The van der Waals surface area contributed by atoms with Crippen molar-refractivity contribution in [1.82, 2.24) is 5.32 Å². The normalized spacial score (nSPS) is 12.0. The first-order valence-corrected chi connectivity index (χ1v) is 8.02. The summed E-state index contributed by atoms with van der Waals surface area (Å²) in [4.78, 5) is 12.3. The summed E-state index contributed by atoms with van der Waals surface area (Å²) < 4.78 is 0.704. The highest BCUT2D eigenvalue weighted by molar-refractivity contribution is 9.10. The summed E-state index contributed by atoms with van der Waals surface area (Å²) in [6.07, 6.45) is 0.664. The highest BCUT2D eigenvalue weighted by Crippen LogP contribution is 2.26. The van der Waals surface area contributed by atoms with Crippen LogP contribution in [-0.4, -0.2) is 11.9 Å². The van der Waals surface area contributed by atoms with Crippen molar-refractivity contribution in [2.45, 2.75) is 19.4 Å². The molecular formula is C16H14BrCl2NO. The molecule has 2 nitrogen and oxygen atoms in total. The lowest BCUT2D eigenvalue weighted by Crippen LogP contribution is -2.34. The molecule has 1 amide bonds. The summed E-state index contributed by atoms with van der Waals surface area (Å²) in [5, 5.41) is 4.06. The molecule has 1 unspecified atom stereocenters. The maximum atomic E-state index is 12.3.